The van der Waals surface area contributed by atoms with Crippen molar-refractivity contribution in [2.45, 2.75) is 19.4 Å². The summed E-state index contributed by atoms with van der Waals surface area (Å²) in [5.74, 6) is -0.797. The van der Waals surface area contributed by atoms with Crippen LogP contribution in [0.3, 0.4) is 0 Å². The fraction of sp³-hybridized carbons (Fsp3) is 0.231. The standard InChI is InChI=1S/C13H15N3O2/c1-8(17)16-12(13(14)18)6-9-7-15-11-5-3-2-4-10(9)11/h2-5,7,12,15H,6H2,1H3,(H2,14,18)(H,16,17)/t12-/m0/s1. The zero-order valence-electron chi connectivity index (χ0n) is 10.1. The molecule has 2 rings (SSSR count). The van der Waals surface area contributed by atoms with Gasteiger partial charge in [0.15, 0.2) is 0 Å². The second-order valence-electron chi connectivity index (χ2n) is 4.22. The first-order chi connectivity index (χ1) is 8.58. The first kappa shape index (κ1) is 12.2. The zero-order chi connectivity index (χ0) is 13.1. The van der Waals surface area contributed by atoms with Gasteiger partial charge >= 0.3 is 0 Å². The van der Waals surface area contributed by atoms with E-state index in [0.29, 0.717) is 6.42 Å². The highest BCUT2D eigenvalue weighted by Gasteiger charge is 2.18. The lowest BCUT2D eigenvalue weighted by Gasteiger charge is -2.13. The molecule has 0 spiro atoms. The summed E-state index contributed by atoms with van der Waals surface area (Å²) in [6.45, 7) is 1.37. The van der Waals surface area contributed by atoms with Gasteiger partial charge in [-0.15, -0.1) is 0 Å². The van der Waals surface area contributed by atoms with Gasteiger partial charge in [-0.05, 0) is 11.6 Å². The van der Waals surface area contributed by atoms with Crippen LogP contribution in [0.1, 0.15) is 12.5 Å². The van der Waals surface area contributed by atoms with Crippen molar-refractivity contribution in [2.75, 3.05) is 0 Å². The second-order valence-corrected chi connectivity index (χ2v) is 4.22. The first-order valence-electron chi connectivity index (χ1n) is 5.69. The van der Waals surface area contributed by atoms with Gasteiger partial charge in [0.1, 0.15) is 6.04 Å². The molecule has 1 atom stereocenters. The number of nitrogens with two attached hydrogens (primary N) is 1. The Bertz CT molecular complexity index is 589. The number of aromatic nitrogens is 1. The predicted molar refractivity (Wildman–Crippen MR) is 68.8 cm³/mol. The number of primary amides is 1. The van der Waals surface area contributed by atoms with Crippen molar-refractivity contribution in [3.8, 4) is 0 Å². The van der Waals surface area contributed by atoms with Crippen LogP contribution in [-0.2, 0) is 16.0 Å². The second kappa shape index (κ2) is 4.91. The van der Waals surface area contributed by atoms with E-state index >= 15 is 0 Å². The summed E-state index contributed by atoms with van der Waals surface area (Å²) in [7, 11) is 0. The Kier molecular flexibility index (Phi) is 3.32. The lowest BCUT2D eigenvalue weighted by Crippen LogP contribution is -2.44. The van der Waals surface area contributed by atoms with E-state index in [1.165, 1.54) is 6.92 Å². The van der Waals surface area contributed by atoms with E-state index in [2.05, 4.69) is 10.3 Å². The van der Waals surface area contributed by atoms with E-state index < -0.39 is 11.9 Å². The van der Waals surface area contributed by atoms with E-state index in [0.717, 1.165) is 16.5 Å². The monoisotopic (exact) mass is 245 g/mol. The summed E-state index contributed by atoms with van der Waals surface area (Å²) in [6.07, 6.45) is 2.22. The van der Waals surface area contributed by atoms with Crippen LogP contribution < -0.4 is 11.1 Å². The molecule has 94 valence electrons. The molecule has 0 aliphatic heterocycles. The molecule has 2 amide bonds. The van der Waals surface area contributed by atoms with Crippen LogP contribution in [0.25, 0.3) is 10.9 Å². The topological polar surface area (TPSA) is 88.0 Å². The summed E-state index contributed by atoms with van der Waals surface area (Å²) in [5.41, 5.74) is 7.24. The van der Waals surface area contributed by atoms with Crippen LogP contribution in [0.5, 0.6) is 0 Å². The Morgan fingerprint density at radius 1 is 1.39 bits per heavy atom. The predicted octanol–water partition coefficient (Wildman–Crippen LogP) is 0.700. The minimum absolute atomic E-state index is 0.265. The molecular weight excluding hydrogens is 230 g/mol. The van der Waals surface area contributed by atoms with Crippen molar-refractivity contribution in [3.63, 3.8) is 0 Å². The van der Waals surface area contributed by atoms with E-state index in [9.17, 15) is 9.59 Å². The van der Waals surface area contributed by atoms with Crippen molar-refractivity contribution < 1.29 is 9.59 Å². The van der Waals surface area contributed by atoms with Crippen LogP contribution in [0.4, 0.5) is 0 Å². The van der Waals surface area contributed by atoms with Gasteiger partial charge in [0.05, 0.1) is 0 Å². The fourth-order valence-electron chi connectivity index (χ4n) is 1.99. The molecule has 1 heterocycles. The third kappa shape index (κ3) is 2.51. The number of carbonyl (C=O) groups excluding carboxylic acids is 2. The maximum atomic E-state index is 11.3. The fourth-order valence-corrected chi connectivity index (χ4v) is 1.99. The number of aromatic amines is 1. The van der Waals surface area contributed by atoms with Gasteiger partial charge in [0.25, 0.3) is 0 Å². The van der Waals surface area contributed by atoms with Crippen LogP contribution in [0.2, 0.25) is 0 Å². The Hall–Kier alpha value is -2.30. The van der Waals surface area contributed by atoms with Crippen molar-refractivity contribution in [1.82, 2.24) is 10.3 Å². The SMILES string of the molecule is CC(=O)N[C@@H](Cc1c[nH]c2ccccc12)C(N)=O. The number of para-hydroxylation sites is 1. The van der Waals surface area contributed by atoms with Gasteiger partial charge < -0.3 is 16.0 Å². The summed E-state index contributed by atoms with van der Waals surface area (Å²) >= 11 is 0. The van der Waals surface area contributed by atoms with E-state index in [1.807, 2.05) is 30.5 Å². The molecule has 5 heteroatoms. The van der Waals surface area contributed by atoms with Gasteiger partial charge in [-0.2, -0.15) is 0 Å². The Labute approximate surface area is 104 Å². The van der Waals surface area contributed by atoms with Gasteiger partial charge in [0.2, 0.25) is 11.8 Å². The Balaban J connectivity index is 2.26. The number of hydrogen-bond acceptors (Lipinski definition) is 2. The largest absolute Gasteiger partial charge is 0.368 e. The van der Waals surface area contributed by atoms with Crippen LogP contribution >= 0.6 is 0 Å². The normalized spacial score (nSPS) is 12.3. The summed E-state index contributed by atoms with van der Waals surface area (Å²) in [4.78, 5) is 25.4. The molecule has 0 saturated heterocycles. The number of benzene rings is 1. The molecule has 0 saturated carbocycles. The van der Waals surface area contributed by atoms with Crippen molar-refractivity contribution >= 4 is 22.7 Å². The highest BCUT2D eigenvalue weighted by molar-refractivity contribution is 5.88. The summed E-state index contributed by atoms with van der Waals surface area (Å²) in [6, 6.07) is 7.10. The van der Waals surface area contributed by atoms with E-state index in [4.69, 9.17) is 5.73 Å². The van der Waals surface area contributed by atoms with Crippen molar-refractivity contribution in [3.05, 3.63) is 36.0 Å². The van der Waals surface area contributed by atoms with E-state index in [1.54, 1.807) is 0 Å². The molecule has 4 N–H and O–H groups in total. The summed E-state index contributed by atoms with van der Waals surface area (Å²) in [5, 5.41) is 3.59. The minimum atomic E-state index is -0.679. The minimum Gasteiger partial charge on any atom is -0.368 e. The lowest BCUT2D eigenvalue weighted by atomic mass is 10.0. The van der Waals surface area contributed by atoms with Gasteiger partial charge in [0, 0.05) is 30.4 Å². The highest BCUT2D eigenvalue weighted by atomic mass is 16.2. The average molecular weight is 245 g/mol. The number of H-pyrrole nitrogens is 1. The van der Waals surface area contributed by atoms with Gasteiger partial charge in [-0.25, -0.2) is 0 Å². The molecule has 18 heavy (non-hydrogen) atoms. The molecule has 0 bridgehead atoms. The number of amides is 2. The number of carbonyl (C=O) groups is 2. The molecule has 5 nitrogen and oxygen atoms in total. The maximum Gasteiger partial charge on any atom is 0.240 e. The number of hydrogen-bond donors (Lipinski definition) is 3. The Morgan fingerprint density at radius 2 is 2.11 bits per heavy atom. The maximum absolute atomic E-state index is 11.3. The first-order valence-corrected chi connectivity index (χ1v) is 5.69. The van der Waals surface area contributed by atoms with Crippen molar-refractivity contribution in [1.29, 1.82) is 0 Å². The average Bonchev–Trinajstić information content (AvgIpc) is 2.71. The third-order valence-corrected chi connectivity index (χ3v) is 2.82. The number of nitrogens with one attached hydrogen (secondary N) is 2. The molecule has 2 aromatic rings. The van der Waals surface area contributed by atoms with Gasteiger partial charge in [-0.1, -0.05) is 18.2 Å². The van der Waals surface area contributed by atoms with Gasteiger partial charge in [-0.3, -0.25) is 9.59 Å². The molecule has 0 fully saturated rings. The van der Waals surface area contributed by atoms with Crippen LogP contribution in [0.15, 0.2) is 30.5 Å². The molecule has 0 radical (unpaired) electrons. The van der Waals surface area contributed by atoms with Crippen LogP contribution in [-0.4, -0.2) is 22.8 Å². The third-order valence-electron chi connectivity index (χ3n) is 2.82. The lowest BCUT2D eigenvalue weighted by molar-refractivity contribution is -0.126. The zero-order valence-corrected chi connectivity index (χ0v) is 10.1. The molecule has 1 aromatic heterocycles. The number of rotatable bonds is 4. The van der Waals surface area contributed by atoms with Crippen molar-refractivity contribution in [2.24, 2.45) is 5.73 Å². The van der Waals surface area contributed by atoms with E-state index in [-0.39, 0.29) is 5.91 Å². The molecule has 0 unspecified atom stereocenters. The molecular formula is C13H15N3O2. The smallest absolute Gasteiger partial charge is 0.240 e. The molecule has 0 aliphatic carbocycles. The molecule has 0 aliphatic rings. The van der Waals surface area contributed by atoms with Crippen LogP contribution in [0, 0.1) is 0 Å². The quantitative estimate of drug-likeness (QED) is 0.740. The summed E-state index contributed by atoms with van der Waals surface area (Å²) < 4.78 is 0. The molecule has 1 aromatic carbocycles. The number of fused-ring (bicyclic) bond motifs is 1. The Morgan fingerprint density at radius 3 is 2.78 bits per heavy atom. The highest BCUT2D eigenvalue weighted by Crippen LogP contribution is 2.18.